The molecule has 0 atom stereocenters. The summed E-state index contributed by atoms with van der Waals surface area (Å²) in [6, 6.07) is 12.6. The summed E-state index contributed by atoms with van der Waals surface area (Å²) in [5.41, 5.74) is 0.942. The maximum Gasteiger partial charge on any atom is 0.243 e. The molecule has 1 fully saturated rings. The van der Waals surface area contributed by atoms with Crippen LogP contribution in [0.15, 0.2) is 58.3 Å². The molecule has 9 nitrogen and oxygen atoms in total. The van der Waals surface area contributed by atoms with E-state index in [4.69, 9.17) is 4.74 Å². The number of carbonyl (C=O) groups is 1. The van der Waals surface area contributed by atoms with Crippen LogP contribution in [0.3, 0.4) is 0 Å². The normalized spacial score (nSPS) is 15.0. The monoisotopic (exact) mass is 495 g/mol. The Kier molecular flexibility index (Phi) is 8.11. The quantitative estimate of drug-likeness (QED) is 0.501. The van der Waals surface area contributed by atoms with Gasteiger partial charge in [-0.15, -0.1) is 0 Å². The summed E-state index contributed by atoms with van der Waals surface area (Å²) in [5, 5.41) is 2.62. The number of amides is 1. The lowest BCUT2D eigenvalue weighted by molar-refractivity contribution is -0.121. The first-order valence-electron chi connectivity index (χ1n) is 10.6. The number of carbonyl (C=O) groups excluding carboxylic acids is 1. The summed E-state index contributed by atoms with van der Waals surface area (Å²) in [6.07, 6.45) is 1.75. The molecule has 1 amide bonds. The highest BCUT2D eigenvalue weighted by Gasteiger charge is 2.27. The minimum absolute atomic E-state index is 0.127. The summed E-state index contributed by atoms with van der Waals surface area (Å²) >= 11 is 0. The fraction of sp³-hybridized carbons (Fsp3) is 0.409. The van der Waals surface area contributed by atoms with Crippen molar-refractivity contribution in [2.75, 3.05) is 39.8 Å². The van der Waals surface area contributed by atoms with E-state index in [1.807, 2.05) is 6.92 Å². The van der Waals surface area contributed by atoms with E-state index in [0.717, 1.165) is 22.7 Å². The smallest absolute Gasteiger partial charge is 0.243 e. The van der Waals surface area contributed by atoms with Gasteiger partial charge in [-0.25, -0.2) is 16.8 Å². The second-order valence-corrected chi connectivity index (χ2v) is 11.8. The van der Waals surface area contributed by atoms with Gasteiger partial charge in [0.2, 0.25) is 26.0 Å². The molecule has 3 rings (SSSR count). The van der Waals surface area contributed by atoms with Gasteiger partial charge < -0.3 is 10.1 Å². The minimum atomic E-state index is -3.76. The predicted molar refractivity (Wildman–Crippen MR) is 124 cm³/mol. The maximum absolute atomic E-state index is 12.6. The van der Waals surface area contributed by atoms with Gasteiger partial charge in [0.05, 0.1) is 22.9 Å². The fourth-order valence-electron chi connectivity index (χ4n) is 3.38. The summed E-state index contributed by atoms with van der Waals surface area (Å²) in [5.74, 6) is 0.0209. The van der Waals surface area contributed by atoms with Crippen molar-refractivity contribution >= 4 is 26.0 Å². The number of sulfonamides is 2. The highest BCUT2D eigenvalue weighted by Crippen LogP contribution is 2.22. The van der Waals surface area contributed by atoms with E-state index in [9.17, 15) is 21.6 Å². The maximum atomic E-state index is 12.6. The third kappa shape index (κ3) is 6.32. The molecule has 2 aromatic carbocycles. The van der Waals surface area contributed by atoms with Crippen molar-refractivity contribution in [1.29, 1.82) is 0 Å². The second-order valence-electron chi connectivity index (χ2n) is 7.86. The van der Waals surface area contributed by atoms with Crippen LogP contribution in [0, 0.1) is 6.92 Å². The van der Waals surface area contributed by atoms with Gasteiger partial charge in [0.15, 0.2) is 0 Å². The molecular weight excluding hydrogens is 466 g/mol. The van der Waals surface area contributed by atoms with E-state index in [1.54, 1.807) is 24.3 Å². The van der Waals surface area contributed by atoms with Gasteiger partial charge >= 0.3 is 0 Å². The Morgan fingerprint density at radius 2 is 1.55 bits per heavy atom. The van der Waals surface area contributed by atoms with Crippen LogP contribution in [0.5, 0.6) is 5.75 Å². The molecule has 1 heterocycles. The van der Waals surface area contributed by atoms with Crippen molar-refractivity contribution in [3.8, 4) is 5.75 Å². The highest BCUT2D eigenvalue weighted by molar-refractivity contribution is 7.89. The number of aryl methyl sites for hydroxylation is 1. The molecule has 0 bridgehead atoms. The van der Waals surface area contributed by atoms with Crippen molar-refractivity contribution in [2.24, 2.45) is 0 Å². The number of hydrogen-bond donors (Lipinski definition) is 1. The first-order valence-corrected chi connectivity index (χ1v) is 13.5. The molecule has 0 radical (unpaired) electrons. The number of rotatable bonds is 10. The number of nitrogens with one attached hydrogen (secondary N) is 1. The van der Waals surface area contributed by atoms with E-state index in [1.165, 1.54) is 35.6 Å². The standard InChI is InChI=1S/C22H29N3O6S2/c1-18-5-9-20(10-6-18)32(27,28)24(2)17-22(26)23-13-16-31-19-7-11-21(12-8-19)33(29,30)25-14-3-4-15-25/h5-12H,3-4,13-17H2,1-2H3,(H,23,26). The third-order valence-electron chi connectivity index (χ3n) is 5.31. The van der Waals surface area contributed by atoms with Gasteiger partial charge in [0.25, 0.3) is 0 Å². The zero-order valence-corrected chi connectivity index (χ0v) is 20.4. The lowest BCUT2D eigenvalue weighted by Gasteiger charge is -2.17. The van der Waals surface area contributed by atoms with Crippen molar-refractivity contribution in [3.05, 3.63) is 54.1 Å². The zero-order chi connectivity index (χ0) is 24.1. The SMILES string of the molecule is Cc1ccc(S(=O)(=O)N(C)CC(=O)NCCOc2ccc(S(=O)(=O)N3CCCC3)cc2)cc1. The van der Waals surface area contributed by atoms with Gasteiger partial charge in [-0.3, -0.25) is 4.79 Å². The topological polar surface area (TPSA) is 113 Å². The van der Waals surface area contributed by atoms with Crippen molar-refractivity contribution in [2.45, 2.75) is 29.6 Å². The Morgan fingerprint density at radius 1 is 0.970 bits per heavy atom. The first-order chi connectivity index (χ1) is 15.6. The average Bonchev–Trinajstić information content (AvgIpc) is 3.33. The van der Waals surface area contributed by atoms with E-state index < -0.39 is 26.0 Å². The molecule has 33 heavy (non-hydrogen) atoms. The molecule has 0 aromatic heterocycles. The van der Waals surface area contributed by atoms with Crippen molar-refractivity contribution in [3.63, 3.8) is 0 Å². The van der Waals surface area contributed by atoms with Crippen LogP contribution in [0.2, 0.25) is 0 Å². The van der Waals surface area contributed by atoms with E-state index in [0.29, 0.717) is 18.8 Å². The molecule has 1 aliphatic heterocycles. The highest BCUT2D eigenvalue weighted by atomic mass is 32.2. The molecule has 180 valence electrons. The summed E-state index contributed by atoms with van der Waals surface area (Å²) in [4.78, 5) is 12.5. The molecule has 1 aliphatic rings. The van der Waals surface area contributed by atoms with Crippen LogP contribution < -0.4 is 10.1 Å². The van der Waals surface area contributed by atoms with Crippen molar-refractivity contribution < 1.29 is 26.4 Å². The average molecular weight is 496 g/mol. The number of hydrogen-bond acceptors (Lipinski definition) is 6. The van der Waals surface area contributed by atoms with Gasteiger partial charge in [-0.05, 0) is 56.2 Å². The summed E-state index contributed by atoms with van der Waals surface area (Å²) < 4.78 is 58.2. The van der Waals surface area contributed by atoms with E-state index in [2.05, 4.69) is 5.32 Å². The second kappa shape index (κ2) is 10.6. The Morgan fingerprint density at radius 3 is 2.15 bits per heavy atom. The largest absolute Gasteiger partial charge is 0.492 e. The molecule has 0 aliphatic carbocycles. The first kappa shape index (κ1) is 25.2. The van der Waals surface area contributed by atoms with Gasteiger partial charge in [0, 0.05) is 20.1 Å². The van der Waals surface area contributed by atoms with Crippen LogP contribution in [-0.4, -0.2) is 71.2 Å². The molecule has 1 N–H and O–H groups in total. The van der Waals surface area contributed by atoms with Crippen molar-refractivity contribution in [1.82, 2.24) is 13.9 Å². The molecule has 2 aromatic rings. The molecule has 0 saturated carbocycles. The zero-order valence-electron chi connectivity index (χ0n) is 18.7. The summed E-state index contributed by atoms with van der Waals surface area (Å²) in [6.45, 7) is 2.95. The lowest BCUT2D eigenvalue weighted by atomic mass is 10.2. The third-order valence-corrected chi connectivity index (χ3v) is 9.05. The van der Waals surface area contributed by atoms with Gasteiger partial charge in [0.1, 0.15) is 12.4 Å². The Bertz CT molecular complexity index is 1160. The van der Waals surface area contributed by atoms with Crippen LogP contribution in [-0.2, 0) is 24.8 Å². The number of likely N-dealkylation sites (N-methyl/N-ethyl adjacent to an activating group) is 1. The number of ether oxygens (including phenoxy) is 1. The minimum Gasteiger partial charge on any atom is -0.492 e. The number of benzene rings is 2. The van der Waals surface area contributed by atoms with E-state index in [-0.39, 0.29) is 29.5 Å². The molecular formula is C22H29N3O6S2. The lowest BCUT2D eigenvalue weighted by Crippen LogP contribution is -2.39. The Labute approximate surface area is 195 Å². The Hall–Kier alpha value is -2.47. The van der Waals surface area contributed by atoms with Crippen LogP contribution in [0.4, 0.5) is 0 Å². The molecule has 0 unspecified atom stereocenters. The number of nitrogens with zero attached hydrogens (tertiary/aromatic N) is 2. The van der Waals surface area contributed by atoms with Gasteiger partial charge in [-0.1, -0.05) is 17.7 Å². The molecule has 11 heteroatoms. The summed E-state index contributed by atoms with van der Waals surface area (Å²) in [7, 11) is -5.88. The van der Waals surface area contributed by atoms with Crippen LogP contribution in [0.1, 0.15) is 18.4 Å². The Balaban J connectivity index is 1.44. The molecule has 0 spiro atoms. The fourth-order valence-corrected chi connectivity index (χ4v) is 6.02. The van der Waals surface area contributed by atoms with Crippen LogP contribution >= 0.6 is 0 Å². The van der Waals surface area contributed by atoms with Gasteiger partial charge in [-0.2, -0.15) is 8.61 Å². The van der Waals surface area contributed by atoms with E-state index >= 15 is 0 Å². The van der Waals surface area contributed by atoms with Crippen LogP contribution in [0.25, 0.3) is 0 Å². The molecule has 1 saturated heterocycles. The predicted octanol–water partition coefficient (Wildman–Crippen LogP) is 1.60.